The molecule has 1 aliphatic heterocycles. The maximum atomic E-state index is 11.7. The number of amides is 2. The summed E-state index contributed by atoms with van der Waals surface area (Å²) < 4.78 is 5.83. The van der Waals surface area contributed by atoms with E-state index in [1.54, 1.807) is 24.3 Å². The molecule has 0 spiro atoms. The number of hydrogen-bond donors (Lipinski definition) is 5. The number of hydrogen-bond acceptors (Lipinski definition) is 4. The van der Waals surface area contributed by atoms with E-state index in [-0.39, 0.29) is 31.2 Å². The molecule has 2 atom stereocenters. The second-order valence-corrected chi connectivity index (χ2v) is 7.21. The summed E-state index contributed by atoms with van der Waals surface area (Å²) in [5.41, 5.74) is 2.07. The zero-order valence-corrected chi connectivity index (χ0v) is 17.2. The van der Waals surface area contributed by atoms with Crippen LogP contribution < -0.4 is 10.6 Å². The molecule has 1 aromatic carbocycles. The van der Waals surface area contributed by atoms with Crippen LogP contribution in [0.4, 0.5) is 10.5 Å². The van der Waals surface area contributed by atoms with Crippen molar-refractivity contribution in [2.24, 2.45) is 4.99 Å². The number of aliphatic hydroxyl groups is 1. The lowest BCUT2D eigenvalue weighted by atomic mass is 10.2. The first-order valence-electron chi connectivity index (χ1n) is 9.94. The van der Waals surface area contributed by atoms with Crippen LogP contribution in [-0.2, 0) is 4.74 Å². The fraction of sp³-hybridized carbons (Fsp3) is 0.381. The number of aromatic nitrogens is 1. The minimum Gasteiger partial charge on any atom is -0.395 e. The third-order valence-electron chi connectivity index (χ3n) is 4.59. The van der Waals surface area contributed by atoms with Crippen LogP contribution in [0.3, 0.4) is 0 Å². The van der Waals surface area contributed by atoms with Crippen molar-refractivity contribution < 1.29 is 14.6 Å². The molecule has 1 aromatic heterocycles. The van der Waals surface area contributed by atoms with Gasteiger partial charge < -0.3 is 30.4 Å². The highest BCUT2D eigenvalue weighted by atomic mass is 16.5. The molecule has 0 radical (unpaired) electrons. The van der Waals surface area contributed by atoms with E-state index in [1.165, 1.54) is 0 Å². The monoisotopic (exact) mass is 412 g/mol. The number of carbonyl (C=O) groups is 1. The highest BCUT2D eigenvalue weighted by Crippen LogP contribution is 2.16. The Kier molecular flexibility index (Phi) is 7.21. The van der Waals surface area contributed by atoms with Gasteiger partial charge in [0.25, 0.3) is 0 Å². The SMILES string of the molecule is C[C@@H]1CN(/C(=N/C(=N)c2ccc(NC(=O)NCCO)cc2)c2ccc[nH]2)C[C@H](C)O1. The number of ether oxygens (including phenoxy) is 1. The molecule has 5 N–H and O–H groups in total. The van der Waals surface area contributed by atoms with Gasteiger partial charge in [-0.1, -0.05) is 0 Å². The third kappa shape index (κ3) is 5.68. The van der Waals surface area contributed by atoms with E-state index >= 15 is 0 Å². The van der Waals surface area contributed by atoms with Crippen molar-refractivity contribution in [1.29, 1.82) is 5.41 Å². The lowest BCUT2D eigenvalue weighted by Gasteiger charge is -2.37. The van der Waals surface area contributed by atoms with Crippen molar-refractivity contribution in [3.8, 4) is 0 Å². The van der Waals surface area contributed by atoms with E-state index in [0.29, 0.717) is 30.2 Å². The van der Waals surface area contributed by atoms with E-state index in [4.69, 9.17) is 15.3 Å². The average molecular weight is 412 g/mol. The number of anilines is 1. The molecule has 1 fully saturated rings. The number of H-pyrrole nitrogens is 1. The van der Waals surface area contributed by atoms with Gasteiger partial charge in [-0.2, -0.15) is 0 Å². The van der Waals surface area contributed by atoms with Crippen LogP contribution in [0, 0.1) is 5.41 Å². The molecule has 0 saturated carbocycles. The Morgan fingerprint density at radius 2 is 1.97 bits per heavy atom. The molecular weight excluding hydrogens is 384 g/mol. The maximum absolute atomic E-state index is 11.7. The van der Waals surface area contributed by atoms with Gasteiger partial charge in [-0.05, 0) is 50.2 Å². The standard InChI is InChI=1S/C21H28N6O3/c1-14-12-27(13-15(2)30-14)20(18-4-3-9-23-18)26-19(22)16-5-7-17(8-6-16)25-21(29)24-10-11-28/h3-9,14-15,22-23,28H,10-13H2,1-2H3,(H2,24,25,29)/b22-19?,26-20+/t14-,15+. The smallest absolute Gasteiger partial charge is 0.319 e. The Morgan fingerprint density at radius 3 is 2.57 bits per heavy atom. The Balaban J connectivity index is 1.76. The number of aliphatic imine (C=N–C) groups is 1. The number of urea groups is 1. The largest absolute Gasteiger partial charge is 0.395 e. The first-order chi connectivity index (χ1) is 14.5. The Hall–Kier alpha value is -3.17. The minimum atomic E-state index is -0.394. The normalized spacial score (nSPS) is 19.4. The molecule has 2 amide bonds. The highest BCUT2D eigenvalue weighted by Gasteiger charge is 2.26. The van der Waals surface area contributed by atoms with Gasteiger partial charge in [0, 0.05) is 37.1 Å². The van der Waals surface area contributed by atoms with Gasteiger partial charge in [0.05, 0.1) is 24.5 Å². The number of aromatic amines is 1. The summed E-state index contributed by atoms with van der Waals surface area (Å²) in [6.07, 6.45) is 1.99. The summed E-state index contributed by atoms with van der Waals surface area (Å²) in [6, 6.07) is 10.4. The lowest BCUT2D eigenvalue weighted by Crippen LogP contribution is -2.48. The van der Waals surface area contributed by atoms with Gasteiger partial charge in [0.15, 0.2) is 11.7 Å². The van der Waals surface area contributed by atoms with Crippen LogP contribution in [0.25, 0.3) is 0 Å². The van der Waals surface area contributed by atoms with Gasteiger partial charge in [-0.15, -0.1) is 0 Å². The van der Waals surface area contributed by atoms with Crippen molar-refractivity contribution in [3.63, 3.8) is 0 Å². The molecule has 9 heteroatoms. The highest BCUT2D eigenvalue weighted by molar-refractivity contribution is 6.09. The van der Waals surface area contributed by atoms with Crippen molar-refractivity contribution in [2.75, 3.05) is 31.6 Å². The number of morpholine rings is 1. The van der Waals surface area contributed by atoms with E-state index in [0.717, 1.165) is 5.69 Å². The van der Waals surface area contributed by atoms with Crippen molar-refractivity contribution in [3.05, 3.63) is 53.9 Å². The van der Waals surface area contributed by atoms with Gasteiger partial charge in [0.1, 0.15) is 0 Å². The minimum absolute atomic E-state index is 0.0745. The van der Waals surface area contributed by atoms with Crippen molar-refractivity contribution >= 4 is 23.4 Å². The number of nitrogens with zero attached hydrogens (tertiary/aromatic N) is 2. The number of rotatable bonds is 5. The number of aliphatic hydroxyl groups excluding tert-OH is 1. The van der Waals surface area contributed by atoms with Gasteiger partial charge in [-0.25, -0.2) is 9.79 Å². The fourth-order valence-electron chi connectivity index (χ4n) is 3.35. The Labute approximate surface area is 175 Å². The molecule has 3 rings (SSSR count). The molecule has 160 valence electrons. The average Bonchev–Trinajstić information content (AvgIpc) is 3.24. The maximum Gasteiger partial charge on any atom is 0.319 e. The second-order valence-electron chi connectivity index (χ2n) is 7.21. The second kappa shape index (κ2) is 10.0. The number of nitrogens with one attached hydrogen (secondary N) is 4. The van der Waals surface area contributed by atoms with Crippen molar-refractivity contribution in [1.82, 2.24) is 15.2 Å². The molecule has 2 heterocycles. The molecule has 2 aromatic rings. The summed E-state index contributed by atoms with van der Waals surface area (Å²) >= 11 is 0. The molecule has 0 bridgehead atoms. The summed E-state index contributed by atoms with van der Waals surface area (Å²) in [5, 5.41) is 22.4. The summed E-state index contributed by atoms with van der Waals surface area (Å²) in [7, 11) is 0. The van der Waals surface area contributed by atoms with Gasteiger partial charge in [0.2, 0.25) is 0 Å². The van der Waals surface area contributed by atoms with E-state index in [2.05, 4.69) is 25.5 Å². The molecular formula is C21H28N6O3. The molecule has 1 saturated heterocycles. The van der Waals surface area contributed by atoms with Crippen LogP contribution in [0.2, 0.25) is 0 Å². The fourth-order valence-corrected chi connectivity index (χ4v) is 3.35. The van der Waals surface area contributed by atoms with E-state index in [9.17, 15) is 4.79 Å². The number of benzene rings is 1. The van der Waals surface area contributed by atoms with E-state index < -0.39 is 6.03 Å². The molecule has 1 aliphatic rings. The summed E-state index contributed by atoms with van der Waals surface area (Å²) in [6.45, 7) is 5.52. The van der Waals surface area contributed by atoms with Crippen LogP contribution in [0.1, 0.15) is 25.1 Å². The molecule has 0 aliphatic carbocycles. The summed E-state index contributed by atoms with van der Waals surface area (Å²) in [4.78, 5) is 21.6. The number of amidine groups is 2. The third-order valence-corrected chi connectivity index (χ3v) is 4.59. The number of carbonyl (C=O) groups excluding carboxylic acids is 1. The van der Waals surface area contributed by atoms with Gasteiger partial charge in [-0.3, -0.25) is 5.41 Å². The summed E-state index contributed by atoms with van der Waals surface area (Å²) in [5.74, 6) is 0.834. The van der Waals surface area contributed by atoms with Crippen molar-refractivity contribution in [2.45, 2.75) is 26.1 Å². The van der Waals surface area contributed by atoms with Crippen LogP contribution in [-0.4, -0.2) is 71.1 Å². The van der Waals surface area contributed by atoms with E-state index in [1.807, 2.05) is 32.2 Å². The Bertz CT molecular complexity index is 869. The van der Waals surface area contributed by atoms with Crippen LogP contribution in [0.15, 0.2) is 47.6 Å². The lowest BCUT2D eigenvalue weighted by molar-refractivity contribution is -0.0478. The molecule has 9 nitrogen and oxygen atoms in total. The first kappa shape index (κ1) is 21.5. The predicted molar refractivity (Wildman–Crippen MR) is 116 cm³/mol. The first-order valence-corrected chi connectivity index (χ1v) is 9.94. The topological polar surface area (TPSA) is 126 Å². The zero-order valence-electron chi connectivity index (χ0n) is 17.2. The predicted octanol–water partition coefficient (Wildman–Crippen LogP) is 2.01. The quantitative estimate of drug-likeness (QED) is 0.380. The Morgan fingerprint density at radius 1 is 1.27 bits per heavy atom. The molecule has 0 unspecified atom stereocenters. The van der Waals surface area contributed by atoms with Gasteiger partial charge >= 0.3 is 6.03 Å². The molecule has 30 heavy (non-hydrogen) atoms. The zero-order chi connectivity index (χ0) is 21.5. The van der Waals surface area contributed by atoms with Crippen LogP contribution in [0.5, 0.6) is 0 Å². The van der Waals surface area contributed by atoms with Crippen LogP contribution >= 0.6 is 0 Å².